The molecule has 0 aliphatic carbocycles. The molecular weight excluding hydrogens is 318 g/mol. The summed E-state index contributed by atoms with van der Waals surface area (Å²) in [6, 6.07) is 13.7. The van der Waals surface area contributed by atoms with Gasteiger partial charge in [0.25, 0.3) is 0 Å². The van der Waals surface area contributed by atoms with Crippen molar-refractivity contribution >= 4 is 22.5 Å². The molecule has 2 aromatic carbocycles. The minimum Gasteiger partial charge on any atom is -0.497 e. The van der Waals surface area contributed by atoms with Crippen molar-refractivity contribution in [3.05, 3.63) is 66.5 Å². The number of urea groups is 1. The zero-order valence-corrected chi connectivity index (χ0v) is 13.8. The summed E-state index contributed by atoms with van der Waals surface area (Å²) in [5.74, 6) is 0.717. The molecule has 1 aromatic heterocycles. The van der Waals surface area contributed by atoms with Crippen LogP contribution >= 0.6 is 0 Å². The number of carbonyl (C=O) groups excluding carboxylic acids is 1. The van der Waals surface area contributed by atoms with Crippen LogP contribution in [0.4, 0.5) is 10.5 Å². The third kappa shape index (κ3) is 3.87. The smallest absolute Gasteiger partial charge is 0.319 e. The van der Waals surface area contributed by atoms with Crippen LogP contribution in [0.5, 0.6) is 5.75 Å². The molecule has 2 amide bonds. The minimum atomic E-state index is -0.512. The number of rotatable bonds is 5. The number of carbonyl (C=O) groups is 1. The summed E-state index contributed by atoms with van der Waals surface area (Å²) in [6.45, 7) is -0.209. The van der Waals surface area contributed by atoms with Crippen molar-refractivity contribution in [3.8, 4) is 5.75 Å². The van der Waals surface area contributed by atoms with Crippen LogP contribution in [-0.4, -0.2) is 29.8 Å². The summed E-state index contributed by atoms with van der Waals surface area (Å²) < 4.78 is 5.12. The lowest BCUT2D eigenvalue weighted by atomic mass is 10.1. The van der Waals surface area contributed by atoms with Gasteiger partial charge in [0.15, 0.2) is 0 Å². The van der Waals surface area contributed by atoms with Gasteiger partial charge >= 0.3 is 6.03 Å². The molecule has 1 heterocycles. The van der Waals surface area contributed by atoms with E-state index >= 15 is 0 Å². The number of fused-ring (bicyclic) bond motifs is 1. The molecule has 0 saturated carbocycles. The Bertz CT molecular complexity index is 860. The predicted molar refractivity (Wildman–Crippen MR) is 96.7 cm³/mol. The average molecular weight is 337 g/mol. The summed E-state index contributed by atoms with van der Waals surface area (Å²) >= 11 is 0. The number of hydrogen-bond acceptors (Lipinski definition) is 4. The molecule has 1 atom stereocenters. The van der Waals surface area contributed by atoms with E-state index in [2.05, 4.69) is 15.6 Å². The number of amides is 2. The number of nitrogens with one attached hydrogen (secondary N) is 2. The third-order valence-electron chi connectivity index (χ3n) is 3.94. The Labute approximate surface area is 145 Å². The first-order chi connectivity index (χ1) is 12.2. The Morgan fingerprint density at radius 3 is 2.72 bits per heavy atom. The van der Waals surface area contributed by atoms with Gasteiger partial charge in [-0.25, -0.2) is 4.79 Å². The van der Waals surface area contributed by atoms with Gasteiger partial charge in [0, 0.05) is 23.2 Å². The topological polar surface area (TPSA) is 83.5 Å². The summed E-state index contributed by atoms with van der Waals surface area (Å²) in [5, 5.41) is 17.1. The number of methoxy groups -OCH3 is 1. The zero-order chi connectivity index (χ0) is 17.6. The first kappa shape index (κ1) is 16.7. The maximum atomic E-state index is 12.3. The van der Waals surface area contributed by atoms with Crippen LogP contribution in [0.1, 0.15) is 11.6 Å². The van der Waals surface area contributed by atoms with Crippen LogP contribution < -0.4 is 15.4 Å². The molecule has 3 aromatic rings. The maximum Gasteiger partial charge on any atom is 0.319 e. The van der Waals surface area contributed by atoms with E-state index in [0.29, 0.717) is 11.4 Å². The Morgan fingerprint density at radius 2 is 2.00 bits per heavy atom. The number of aromatic nitrogens is 1. The number of anilines is 1. The van der Waals surface area contributed by atoms with E-state index in [0.717, 1.165) is 16.3 Å². The van der Waals surface area contributed by atoms with Crippen molar-refractivity contribution in [1.82, 2.24) is 10.3 Å². The van der Waals surface area contributed by atoms with E-state index in [4.69, 9.17) is 4.74 Å². The van der Waals surface area contributed by atoms with E-state index in [9.17, 15) is 9.90 Å². The molecule has 6 nitrogen and oxygen atoms in total. The molecule has 6 heteroatoms. The van der Waals surface area contributed by atoms with Gasteiger partial charge in [-0.2, -0.15) is 0 Å². The second kappa shape index (κ2) is 7.63. The fourth-order valence-corrected chi connectivity index (χ4v) is 2.62. The summed E-state index contributed by atoms with van der Waals surface area (Å²) in [4.78, 5) is 16.4. The summed E-state index contributed by atoms with van der Waals surface area (Å²) in [6.07, 6.45) is 3.42. The predicted octanol–water partition coefficient (Wildman–Crippen LogP) is 3.10. The molecule has 25 heavy (non-hydrogen) atoms. The van der Waals surface area contributed by atoms with Crippen LogP contribution in [-0.2, 0) is 0 Å². The molecule has 128 valence electrons. The van der Waals surface area contributed by atoms with Gasteiger partial charge in [-0.3, -0.25) is 4.98 Å². The molecule has 0 aliphatic heterocycles. The van der Waals surface area contributed by atoms with Crippen LogP contribution in [0, 0.1) is 0 Å². The quantitative estimate of drug-likeness (QED) is 0.668. The van der Waals surface area contributed by atoms with Gasteiger partial charge < -0.3 is 20.5 Å². The Kier molecular flexibility index (Phi) is 5.11. The molecule has 3 rings (SSSR count). The molecule has 0 fully saturated rings. The van der Waals surface area contributed by atoms with Crippen molar-refractivity contribution in [2.75, 3.05) is 19.0 Å². The van der Waals surface area contributed by atoms with Crippen LogP contribution in [0.2, 0.25) is 0 Å². The second-order valence-electron chi connectivity index (χ2n) is 5.51. The highest BCUT2D eigenvalue weighted by molar-refractivity contribution is 6.01. The molecule has 0 aliphatic rings. The van der Waals surface area contributed by atoms with Crippen molar-refractivity contribution < 1.29 is 14.6 Å². The number of nitrogens with zero attached hydrogens (tertiary/aromatic N) is 1. The van der Waals surface area contributed by atoms with Gasteiger partial charge in [0.1, 0.15) is 5.75 Å². The van der Waals surface area contributed by atoms with Crippen LogP contribution in [0.15, 0.2) is 60.9 Å². The fourth-order valence-electron chi connectivity index (χ4n) is 2.62. The minimum absolute atomic E-state index is 0.209. The van der Waals surface area contributed by atoms with Gasteiger partial charge in [-0.1, -0.05) is 24.3 Å². The Hall–Kier alpha value is -3.12. The molecule has 3 N–H and O–H groups in total. The molecule has 0 unspecified atom stereocenters. The highest BCUT2D eigenvalue weighted by Crippen LogP contribution is 2.22. The molecule has 0 saturated heterocycles. The Morgan fingerprint density at radius 1 is 1.20 bits per heavy atom. The van der Waals surface area contributed by atoms with Gasteiger partial charge in [-0.15, -0.1) is 0 Å². The number of pyridine rings is 1. The fraction of sp³-hybridized carbons (Fsp3) is 0.158. The highest BCUT2D eigenvalue weighted by Gasteiger charge is 2.14. The first-order valence-corrected chi connectivity index (χ1v) is 7.86. The number of aliphatic hydroxyl groups excluding tert-OH is 1. The van der Waals surface area contributed by atoms with Crippen molar-refractivity contribution in [3.63, 3.8) is 0 Å². The lowest BCUT2D eigenvalue weighted by molar-refractivity contribution is 0.225. The van der Waals surface area contributed by atoms with Gasteiger partial charge in [0.05, 0.1) is 25.4 Å². The van der Waals surface area contributed by atoms with E-state index in [-0.39, 0.29) is 12.6 Å². The summed E-state index contributed by atoms with van der Waals surface area (Å²) in [5.41, 5.74) is 1.48. The van der Waals surface area contributed by atoms with Gasteiger partial charge in [-0.05, 0) is 29.8 Å². The molecule has 0 radical (unpaired) electrons. The number of benzene rings is 2. The maximum absolute atomic E-state index is 12.3. The van der Waals surface area contributed by atoms with Gasteiger partial charge in [0.2, 0.25) is 0 Å². The molecule has 0 bridgehead atoms. The number of hydrogen-bond donors (Lipinski definition) is 3. The lowest BCUT2D eigenvalue weighted by Crippen LogP contribution is -2.34. The normalized spacial score (nSPS) is 11.8. The van der Waals surface area contributed by atoms with Crippen LogP contribution in [0.25, 0.3) is 10.8 Å². The SMILES string of the molecule is COc1ccc([C@@H](CO)NC(=O)Nc2cccc3cnccc23)cc1. The third-order valence-corrected chi connectivity index (χ3v) is 3.94. The van der Waals surface area contributed by atoms with E-state index in [1.807, 2.05) is 36.4 Å². The zero-order valence-electron chi connectivity index (χ0n) is 13.8. The van der Waals surface area contributed by atoms with Crippen LogP contribution in [0.3, 0.4) is 0 Å². The molecule has 0 spiro atoms. The summed E-state index contributed by atoms with van der Waals surface area (Å²) in [7, 11) is 1.59. The van der Waals surface area contributed by atoms with Crippen molar-refractivity contribution in [2.24, 2.45) is 0 Å². The largest absolute Gasteiger partial charge is 0.497 e. The number of aliphatic hydroxyl groups is 1. The van der Waals surface area contributed by atoms with E-state index < -0.39 is 6.04 Å². The lowest BCUT2D eigenvalue weighted by Gasteiger charge is -2.18. The monoisotopic (exact) mass is 337 g/mol. The van der Waals surface area contributed by atoms with Crippen molar-refractivity contribution in [2.45, 2.75) is 6.04 Å². The standard InChI is InChI=1S/C19H19N3O3/c1-25-15-7-5-13(6-8-15)18(12-23)22-19(24)21-17-4-2-3-14-11-20-10-9-16(14)17/h2-11,18,23H,12H2,1H3,(H2,21,22,24)/t18-/m1/s1. The molecular formula is C19H19N3O3. The highest BCUT2D eigenvalue weighted by atomic mass is 16.5. The Balaban J connectivity index is 1.73. The van der Waals surface area contributed by atoms with Crippen molar-refractivity contribution in [1.29, 1.82) is 0 Å². The average Bonchev–Trinajstić information content (AvgIpc) is 2.66. The first-order valence-electron chi connectivity index (χ1n) is 7.86. The second-order valence-corrected chi connectivity index (χ2v) is 5.51. The number of ether oxygens (including phenoxy) is 1. The van der Waals surface area contributed by atoms with E-state index in [1.165, 1.54) is 0 Å². The van der Waals surface area contributed by atoms with E-state index in [1.54, 1.807) is 31.6 Å².